The van der Waals surface area contributed by atoms with Gasteiger partial charge < -0.3 is 40.1 Å². The number of aliphatic hydroxyl groups is 5. The second-order valence-corrected chi connectivity index (χ2v) is 12.1. The summed E-state index contributed by atoms with van der Waals surface area (Å²) in [7, 11) is 0. The van der Waals surface area contributed by atoms with E-state index in [1.807, 2.05) is 13.8 Å². The molecule has 200 valence electrons. The topological polar surface area (TPSA) is 157 Å². The number of ether oxygens (including phenoxy) is 2. The summed E-state index contributed by atoms with van der Waals surface area (Å²) in [6.45, 7) is 5.51. The number of carboxylic acids is 1. The molecule has 0 bridgehead atoms. The average molecular weight is 499 g/mol. The Balaban J connectivity index is 1.44. The van der Waals surface area contributed by atoms with Crippen LogP contribution < -0.4 is 0 Å². The Labute approximate surface area is 206 Å². The van der Waals surface area contributed by atoms with Crippen molar-refractivity contribution < 1.29 is 44.9 Å². The number of carbonyl (C=O) groups is 1. The highest BCUT2D eigenvalue weighted by Gasteiger charge is 2.58. The second kappa shape index (κ2) is 9.67. The van der Waals surface area contributed by atoms with E-state index < -0.39 is 60.2 Å². The maximum Gasteiger partial charge on any atom is 0.309 e. The maximum absolute atomic E-state index is 12.2. The van der Waals surface area contributed by atoms with Crippen LogP contribution in [0.3, 0.4) is 0 Å². The van der Waals surface area contributed by atoms with E-state index in [2.05, 4.69) is 13.0 Å². The Bertz CT molecular complexity index is 830. The Morgan fingerprint density at radius 2 is 1.86 bits per heavy atom. The predicted molar refractivity (Wildman–Crippen MR) is 125 cm³/mol. The number of allylic oxidation sites excluding steroid dienone is 2. The van der Waals surface area contributed by atoms with Crippen LogP contribution in [-0.4, -0.2) is 86.6 Å². The quantitative estimate of drug-likeness (QED) is 0.296. The van der Waals surface area contributed by atoms with Crippen molar-refractivity contribution in [3.63, 3.8) is 0 Å². The number of fused-ring (bicyclic) bond motifs is 3. The number of rotatable bonds is 6. The van der Waals surface area contributed by atoms with E-state index in [1.165, 1.54) is 5.57 Å². The number of aliphatic carboxylic acids is 1. The summed E-state index contributed by atoms with van der Waals surface area (Å²) in [5.74, 6) is -0.308. The van der Waals surface area contributed by atoms with Gasteiger partial charge in [0.25, 0.3) is 0 Å². The molecule has 1 saturated heterocycles. The van der Waals surface area contributed by atoms with Crippen LogP contribution >= 0.6 is 0 Å². The zero-order valence-electron chi connectivity index (χ0n) is 21.0. The van der Waals surface area contributed by atoms with Gasteiger partial charge in [0.2, 0.25) is 0 Å². The molecular weight excluding hydrogens is 456 g/mol. The lowest BCUT2D eigenvalue weighted by Gasteiger charge is -2.59. The van der Waals surface area contributed by atoms with Crippen LogP contribution in [-0.2, 0) is 14.3 Å². The smallest absolute Gasteiger partial charge is 0.309 e. The molecule has 3 aliphatic carbocycles. The molecule has 0 aromatic rings. The first-order valence-corrected chi connectivity index (χ1v) is 12.9. The fourth-order valence-corrected chi connectivity index (χ4v) is 7.57. The van der Waals surface area contributed by atoms with Crippen LogP contribution in [0.25, 0.3) is 0 Å². The lowest BCUT2D eigenvalue weighted by molar-refractivity contribution is -0.306. The molecule has 0 aromatic heterocycles. The number of aliphatic hydroxyl groups excluding tert-OH is 5. The monoisotopic (exact) mass is 498 g/mol. The van der Waals surface area contributed by atoms with Crippen molar-refractivity contribution in [1.82, 2.24) is 0 Å². The van der Waals surface area contributed by atoms with E-state index >= 15 is 0 Å². The SMILES string of the molecule is C[C@@]1(C(O)CO[C@H]2O[C@H](CO)[C@@H](O)[C@H](O)[C@@H]2O)CC[C@H]2C(=CC[C@@H]3[C@]2(C)CCC[C@]3(C)C(=O)O)C1. The van der Waals surface area contributed by atoms with Gasteiger partial charge in [0.05, 0.1) is 24.7 Å². The first-order chi connectivity index (χ1) is 16.4. The van der Waals surface area contributed by atoms with Gasteiger partial charge in [-0.05, 0) is 68.1 Å². The zero-order chi connectivity index (χ0) is 25.8. The highest BCUT2D eigenvalue weighted by molar-refractivity contribution is 5.75. The first-order valence-electron chi connectivity index (χ1n) is 12.9. The van der Waals surface area contributed by atoms with Gasteiger partial charge >= 0.3 is 5.97 Å². The van der Waals surface area contributed by atoms with Crippen LogP contribution in [0.2, 0.25) is 0 Å². The first kappa shape index (κ1) is 27.0. The van der Waals surface area contributed by atoms with Gasteiger partial charge in [0.1, 0.15) is 24.4 Å². The summed E-state index contributed by atoms with van der Waals surface area (Å²) in [6, 6.07) is 0. The maximum atomic E-state index is 12.2. The summed E-state index contributed by atoms with van der Waals surface area (Å²) in [6.07, 6.45) is 0.198. The van der Waals surface area contributed by atoms with E-state index in [1.54, 1.807) is 0 Å². The molecule has 1 heterocycles. The lowest BCUT2D eigenvalue weighted by atomic mass is 9.45. The minimum atomic E-state index is -1.53. The number of carboxylic acid groups (broad SMARTS) is 1. The normalized spacial score (nSPS) is 48.9. The highest BCUT2D eigenvalue weighted by atomic mass is 16.7. The van der Waals surface area contributed by atoms with Crippen LogP contribution in [0.4, 0.5) is 0 Å². The van der Waals surface area contributed by atoms with Gasteiger partial charge in [-0.15, -0.1) is 0 Å². The van der Waals surface area contributed by atoms with E-state index in [-0.39, 0.29) is 17.9 Å². The summed E-state index contributed by atoms with van der Waals surface area (Å²) in [5.41, 5.74) is 0.0344. The lowest BCUT2D eigenvalue weighted by Crippen LogP contribution is -2.59. The molecule has 9 heteroatoms. The largest absolute Gasteiger partial charge is 0.481 e. The molecule has 35 heavy (non-hydrogen) atoms. The van der Waals surface area contributed by atoms with Gasteiger partial charge in [0, 0.05) is 0 Å². The summed E-state index contributed by atoms with van der Waals surface area (Å²) in [4.78, 5) is 12.2. The van der Waals surface area contributed by atoms with E-state index in [0.29, 0.717) is 18.8 Å². The van der Waals surface area contributed by atoms with Gasteiger partial charge in [-0.25, -0.2) is 0 Å². The van der Waals surface area contributed by atoms with Gasteiger partial charge in [0.15, 0.2) is 6.29 Å². The summed E-state index contributed by atoms with van der Waals surface area (Å²) < 4.78 is 11.0. The third-order valence-corrected chi connectivity index (χ3v) is 10.0. The van der Waals surface area contributed by atoms with Crippen molar-refractivity contribution in [2.24, 2.45) is 28.1 Å². The van der Waals surface area contributed by atoms with E-state index in [4.69, 9.17) is 9.47 Å². The molecule has 6 N–H and O–H groups in total. The molecule has 3 fully saturated rings. The highest BCUT2D eigenvalue weighted by Crippen LogP contribution is 2.64. The van der Waals surface area contributed by atoms with Crippen LogP contribution in [0.5, 0.6) is 0 Å². The number of hydrogen-bond acceptors (Lipinski definition) is 8. The Hall–Kier alpha value is -1.07. The minimum Gasteiger partial charge on any atom is -0.481 e. The van der Waals surface area contributed by atoms with Crippen LogP contribution in [0.1, 0.15) is 65.7 Å². The Morgan fingerprint density at radius 1 is 1.14 bits per heavy atom. The van der Waals surface area contributed by atoms with Gasteiger partial charge in [-0.3, -0.25) is 4.79 Å². The molecular formula is C26H42O9. The third-order valence-electron chi connectivity index (χ3n) is 10.0. The summed E-state index contributed by atoms with van der Waals surface area (Å²) >= 11 is 0. The van der Waals surface area contributed by atoms with E-state index in [9.17, 15) is 35.4 Å². The Kier molecular flexibility index (Phi) is 7.45. The molecule has 1 aliphatic heterocycles. The molecule has 0 amide bonds. The van der Waals surface area contributed by atoms with Crippen molar-refractivity contribution in [3.8, 4) is 0 Å². The fraction of sp³-hybridized carbons (Fsp3) is 0.885. The minimum absolute atomic E-state index is 0.0748. The molecule has 4 aliphatic rings. The Morgan fingerprint density at radius 3 is 2.51 bits per heavy atom. The molecule has 1 unspecified atom stereocenters. The molecule has 0 radical (unpaired) electrons. The van der Waals surface area contributed by atoms with E-state index in [0.717, 1.165) is 32.1 Å². The molecule has 4 rings (SSSR count). The van der Waals surface area contributed by atoms with Crippen molar-refractivity contribution in [1.29, 1.82) is 0 Å². The zero-order valence-corrected chi connectivity index (χ0v) is 21.0. The molecule has 0 aromatic carbocycles. The van der Waals surface area contributed by atoms with Crippen molar-refractivity contribution in [2.75, 3.05) is 13.2 Å². The van der Waals surface area contributed by atoms with Crippen molar-refractivity contribution in [2.45, 2.75) is 103 Å². The molecule has 0 spiro atoms. The number of hydrogen-bond donors (Lipinski definition) is 6. The van der Waals surface area contributed by atoms with Crippen LogP contribution in [0.15, 0.2) is 11.6 Å². The fourth-order valence-electron chi connectivity index (χ4n) is 7.57. The predicted octanol–water partition coefficient (Wildman–Crippen LogP) is 1.20. The van der Waals surface area contributed by atoms with Crippen LogP contribution in [0, 0.1) is 28.1 Å². The second-order valence-electron chi connectivity index (χ2n) is 12.1. The third kappa shape index (κ3) is 4.47. The molecule has 11 atom stereocenters. The molecule has 9 nitrogen and oxygen atoms in total. The van der Waals surface area contributed by atoms with Gasteiger partial charge in [-0.1, -0.05) is 31.9 Å². The van der Waals surface area contributed by atoms with Crippen molar-refractivity contribution in [3.05, 3.63) is 11.6 Å². The van der Waals surface area contributed by atoms with Gasteiger partial charge in [-0.2, -0.15) is 0 Å². The molecule has 2 saturated carbocycles. The standard InChI is InChI=1S/C26H42O9/c1-24(18(28)13-34-22-21(31)20(30)19(29)16(12-27)35-22)10-7-15-14(11-24)5-6-17-25(15,2)8-4-9-26(17,3)23(32)33/h5,15-22,27-31H,4,6-13H2,1-3H3,(H,32,33)/t15-,16+,17+,18?,19+,20-,21-,22-,24+,25+,26-/m0/s1. The van der Waals surface area contributed by atoms with Crippen molar-refractivity contribution >= 4 is 5.97 Å². The average Bonchev–Trinajstić information content (AvgIpc) is 2.81. The summed E-state index contributed by atoms with van der Waals surface area (Å²) in [5, 5.41) is 60.6.